The van der Waals surface area contributed by atoms with Crippen molar-refractivity contribution < 1.29 is 4.74 Å². The monoisotopic (exact) mass is 197 g/mol. The first-order valence-corrected chi connectivity index (χ1v) is 5.60. The molecule has 1 N–H and O–H groups in total. The molecule has 0 saturated carbocycles. The molecule has 1 aliphatic heterocycles. The maximum atomic E-state index is 5.96. The Morgan fingerprint density at radius 1 is 1.46 bits per heavy atom. The average molecular weight is 197 g/mol. The van der Waals surface area contributed by atoms with Gasteiger partial charge in [-0.15, -0.1) is 11.3 Å². The first-order valence-electron chi connectivity index (χ1n) is 4.72. The fraction of sp³-hybridized carbons (Fsp3) is 0.600. The number of rotatable bonds is 2. The van der Waals surface area contributed by atoms with Crippen LogP contribution in [0.4, 0.5) is 0 Å². The van der Waals surface area contributed by atoms with E-state index in [9.17, 15) is 0 Å². The Morgan fingerprint density at radius 3 is 2.85 bits per heavy atom. The second-order valence-electron chi connectivity index (χ2n) is 3.73. The van der Waals surface area contributed by atoms with E-state index in [4.69, 9.17) is 4.74 Å². The van der Waals surface area contributed by atoms with Crippen molar-refractivity contribution in [3.05, 3.63) is 17.5 Å². The van der Waals surface area contributed by atoms with Gasteiger partial charge < -0.3 is 10.1 Å². The van der Waals surface area contributed by atoms with Crippen LogP contribution in [0.1, 0.15) is 19.8 Å². The highest BCUT2D eigenvalue weighted by Crippen LogP contribution is 2.28. The van der Waals surface area contributed by atoms with Gasteiger partial charge in [-0.25, -0.2) is 0 Å². The van der Waals surface area contributed by atoms with Gasteiger partial charge in [-0.1, -0.05) is 0 Å². The van der Waals surface area contributed by atoms with Crippen molar-refractivity contribution in [3.63, 3.8) is 0 Å². The standard InChI is InChI=1S/C10H15NOS/c1-10(4-6-11-7-5-10)12-9-3-2-8-13-9/h2-3,8,11H,4-7H2,1H3. The van der Waals surface area contributed by atoms with Crippen molar-refractivity contribution in [3.8, 4) is 5.06 Å². The van der Waals surface area contributed by atoms with E-state index < -0.39 is 0 Å². The van der Waals surface area contributed by atoms with Crippen molar-refractivity contribution in [1.29, 1.82) is 0 Å². The first kappa shape index (κ1) is 9.03. The Labute approximate surface area is 82.9 Å². The molecule has 0 unspecified atom stereocenters. The molecule has 0 radical (unpaired) electrons. The minimum Gasteiger partial charge on any atom is -0.478 e. The lowest BCUT2D eigenvalue weighted by Crippen LogP contribution is -2.43. The van der Waals surface area contributed by atoms with Gasteiger partial charge in [-0.05, 0) is 50.4 Å². The highest BCUT2D eigenvalue weighted by atomic mass is 32.1. The van der Waals surface area contributed by atoms with Gasteiger partial charge in [0.1, 0.15) is 5.60 Å². The molecule has 1 saturated heterocycles. The van der Waals surface area contributed by atoms with Crippen LogP contribution in [-0.2, 0) is 0 Å². The second-order valence-corrected chi connectivity index (χ2v) is 4.64. The molecule has 1 aromatic rings. The van der Waals surface area contributed by atoms with Crippen LogP contribution < -0.4 is 10.1 Å². The normalized spacial score (nSPS) is 21.3. The van der Waals surface area contributed by atoms with Crippen molar-refractivity contribution >= 4 is 11.3 Å². The molecule has 3 heteroatoms. The van der Waals surface area contributed by atoms with E-state index in [0.717, 1.165) is 31.0 Å². The molecule has 1 aromatic heterocycles. The molecule has 2 heterocycles. The van der Waals surface area contributed by atoms with Crippen molar-refractivity contribution in [1.82, 2.24) is 5.32 Å². The Morgan fingerprint density at radius 2 is 2.23 bits per heavy atom. The molecule has 0 aromatic carbocycles. The molecule has 2 rings (SSSR count). The topological polar surface area (TPSA) is 21.3 Å². The van der Waals surface area contributed by atoms with Gasteiger partial charge >= 0.3 is 0 Å². The highest BCUT2D eigenvalue weighted by molar-refractivity contribution is 7.11. The van der Waals surface area contributed by atoms with Crippen LogP contribution in [0, 0.1) is 0 Å². The molecule has 0 bridgehead atoms. The van der Waals surface area contributed by atoms with Crippen LogP contribution >= 0.6 is 11.3 Å². The average Bonchev–Trinajstić information content (AvgIpc) is 2.57. The number of hydrogen-bond acceptors (Lipinski definition) is 3. The lowest BCUT2D eigenvalue weighted by Gasteiger charge is -2.33. The Kier molecular flexibility index (Phi) is 2.56. The second kappa shape index (κ2) is 3.68. The lowest BCUT2D eigenvalue weighted by atomic mass is 9.95. The fourth-order valence-electron chi connectivity index (χ4n) is 1.62. The van der Waals surface area contributed by atoms with Gasteiger partial charge in [-0.2, -0.15) is 0 Å². The third-order valence-corrected chi connectivity index (χ3v) is 3.25. The van der Waals surface area contributed by atoms with E-state index in [2.05, 4.69) is 17.6 Å². The predicted molar refractivity (Wildman–Crippen MR) is 55.5 cm³/mol. The summed E-state index contributed by atoms with van der Waals surface area (Å²) in [4.78, 5) is 0. The number of ether oxygens (including phenoxy) is 1. The van der Waals surface area contributed by atoms with E-state index in [-0.39, 0.29) is 5.60 Å². The van der Waals surface area contributed by atoms with Crippen molar-refractivity contribution in [2.24, 2.45) is 0 Å². The van der Waals surface area contributed by atoms with Crippen LogP contribution in [0.5, 0.6) is 5.06 Å². The first-order chi connectivity index (χ1) is 6.29. The zero-order chi connectivity index (χ0) is 9.15. The molecule has 0 atom stereocenters. The van der Waals surface area contributed by atoms with Crippen LogP contribution in [0.25, 0.3) is 0 Å². The molecule has 0 spiro atoms. The lowest BCUT2D eigenvalue weighted by molar-refractivity contribution is 0.0596. The van der Waals surface area contributed by atoms with Crippen LogP contribution in [0.3, 0.4) is 0 Å². The van der Waals surface area contributed by atoms with Gasteiger partial charge in [0, 0.05) is 0 Å². The van der Waals surface area contributed by atoms with E-state index in [1.807, 2.05) is 12.1 Å². The van der Waals surface area contributed by atoms with E-state index >= 15 is 0 Å². The van der Waals surface area contributed by atoms with Crippen LogP contribution in [0.15, 0.2) is 17.5 Å². The molecule has 0 amide bonds. The quantitative estimate of drug-likeness (QED) is 0.785. The molecule has 1 fully saturated rings. The Bertz CT molecular complexity index is 252. The molecule has 72 valence electrons. The molecular formula is C10H15NOS. The van der Waals surface area contributed by atoms with Gasteiger partial charge in [0.05, 0.1) is 0 Å². The summed E-state index contributed by atoms with van der Waals surface area (Å²) in [7, 11) is 0. The maximum Gasteiger partial charge on any atom is 0.174 e. The molecule has 1 aliphatic rings. The summed E-state index contributed by atoms with van der Waals surface area (Å²) in [5.41, 5.74) is 0.0517. The largest absolute Gasteiger partial charge is 0.478 e. The smallest absolute Gasteiger partial charge is 0.174 e. The maximum absolute atomic E-state index is 5.96. The number of thiophene rings is 1. The van der Waals surface area contributed by atoms with Crippen molar-refractivity contribution in [2.45, 2.75) is 25.4 Å². The van der Waals surface area contributed by atoms with Gasteiger partial charge in [-0.3, -0.25) is 0 Å². The van der Waals surface area contributed by atoms with E-state index in [1.54, 1.807) is 11.3 Å². The number of nitrogens with one attached hydrogen (secondary N) is 1. The molecule has 13 heavy (non-hydrogen) atoms. The minimum atomic E-state index is 0.0517. The van der Waals surface area contributed by atoms with Crippen LogP contribution in [-0.4, -0.2) is 18.7 Å². The SMILES string of the molecule is CC1(Oc2cccs2)CCNCC1. The fourth-order valence-corrected chi connectivity index (χ4v) is 2.32. The number of piperidine rings is 1. The summed E-state index contributed by atoms with van der Waals surface area (Å²) in [5.74, 6) is 0. The minimum absolute atomic E-state index is 0.0517. The van der Waals surface area contributed by atoms with Gasteiger partial charge in [0.25, 0.3) is 0 Å². The third-order valence-electron chi connectivity index (χ3n) is 2.50. The van der Waals surface area contributed by atoms with Gasteiger partial charge in [0.15, 0.2) is 5.06 Å². The molecular weight excluding hydrogens is 182 g/mol. The summed E-state index contributed by atoms with van der Waals surface area (Å²) in [6, 6.07) is 4.07. The summed E-state index contributed by atoms with van der Waals surface area (Å²) in [6.45, 7) is 4.34. The van der Waals surface area contributed by atoms with E-state index in [0.29, 0.717) is 0 Å². The zero-order valence-corrected chi connectivity index (χ0v) is 8.69. The summed E-state index contributed by atoms with van der Waals surface area (Å²) in [5, 5.41) is 6.44. The molecule has 0 aliphatic carbocycles. The van der Waals surface area contributed by atoms with Gasteiger partial charge in [0.2, 0.25) is 0 Å². The summed E-state index contributed by atoms with van der Waals surface area (Å²) < 4.78 is 5.96. The Hall–Kier alpha value is -0.540. The van der Waals surface area contributed by atoms with Crippen molar-refractivity contribution in [2.75, 3.05) is 13.1 Å². The predicted octanol–water partition coefficient (Wildman–Crippen LogP) is 2.27. The number of hydrogen-bond donors (Lipinski definition) is 1. The van der Waals surface area contributed by atoms with E-state index in [1.165, 1.54) is 0 Å². The summed E-state index contributed by atoms with van der Waals surface area (Å²) in [6.07, 6.45) is 2.20. The van der Waals surface area contributed by atoms with Crippen LogP contribution in [0.2, 0.25) is 0 Å². The zero-order valence-electron chi connectivity index (χ0n) is 7.88. The molecule has 2 nitrogen and oxygen atoms in total. The summed E-state index contributed by atoms with van der Waals surface area (Å²) >= 11 is 1.67. The Balaban J connectivity index is 1.99. The third kappa shape index (κ3) is 2.23. The highest BCUT2D eigenvalue weighted by Gasteiger charge is 2.28.